The number of nitrogens with one attached hydrogen (secondary N) is 2. The highest BCUT2D eigenvalue weighted by molar-refractivity contribution is 5.31. The van der Waals surface area contributed by atoms with E-state index in [9.17, 15) is 18.0 Å². The Kier molecular flexibility index (Phi) is 3.10. The summed E-state index contributed by atoms with van der Waals surface area (Å²) in [5.74, 6) is 0.137. The van der Waals surface area contributed by atoms with Crippen molar-refractivity contribution in [3.8, 4) is 0 Å². The summed E-state index contributed by atoms with van der Waals surface area (Å²) in [5.41, 5.74) is -0.408. The second-order valence-corrected chi connectivity index (χ2v) is 2.59. The Morgan fingerprint density at radius 3 is 2.79 bits per heavy atom. The number of H-pyrrole nitrogens is 1. The fourth-order valence-corrected chi connectivity index (χ4v) is 0.798. The summed E-state index contributed by atoms with van der Waals surface area (Å²) < 4.78 is 35.1. The molecule has 0 unspecified atom stereocenters. The number of aromatic amines is 1. The molecule has 78 valence electrons. The van der Waals surface area contributed by atoms with E-state index in [-0.39, 0.29) is 12.4 Å². The van der Waals surface area contributed by atoms with Gasteiger partial charge in [0.2, 0.25) is 0 Å². The summed E-state index contributed by atoms with van der Waals surface area (Å²) in [7, 11) is 0. The molecule has 2 N–H and O–H groups in total. The standard InChI is InChI=1S/C7H8F3N3O/c8-7(9,10)1-2-11-5-3-6(14)13-4-12-5/h3-4H,1-2H2,(H2,11,12,13,14). The smallest absolute Gasteiger partial charge is 0.370 e. The minimum absolute atomic E-state index is 0.137. The molecule has 7 heteroatoms. The summed E-state index contributed by atoms with van der Waals surface area (Å²) in [6.07, 6.45) is -4.03. The lowest BCUT2D eigenvalue weighted by Crippen LogP contribution is -2.16. The molecule has 0 spiro atoms. The Bertz CT molecular complexity index is 347. The zero-order chi connectivity index (χ0) is 10.6. The SMILES string of the molecule is O=c1cc(NCCC(F)(F)F)nc[nH]1. The van der Waals surface area contributed by atoms with E-state index in [1.165, 1.54) is 0 Å². The molecule has 0 aromatic carbocycles. The Labute approximate surface area is 77.2 Å². The van der Waals surface area contributed by atoms with Crippen LogP contribution in [0.2, 0.25) is 0 Å². The molecule has 0 radical (unpaired) electrons. The molecule has 1 aromatic rings. The number of rotatable bonds is 3. The van der Waals surface area contributed by atoms with Gasteiger partial charge in [0.1, 0.15) is 5.82 Å². The third-order valence-electron chi connectivity index (χ3n) is 1.39. The lowest BCUT2D eigenvalue weighted by molar-refractivity contribution is -0.131. The third-order valence-corrected chi connectivity index (χ3v) is 1.39. The van der Waals surface area contributed by atoms with Crippen LogP contribution >= 0.6 is 0 Å². The largest absolute Gasteiger partial charge is 0.390 e. The van der Waals surface area contributed by atoms with Crippen LogP contribution in [-0.2, 0) is 0 Å². The van der Waals surface area contributed by atoms with Gasteiger partial charge in [-0.2, -0.15) is 13.2 Å². The quantitative estimate of drug-likeness (QED) is 0.781. The van der Waals surface area contributed by atoms with Crippen LogP contribution in [0.4, 0.5) is 19.0 Å². The van der Waals surface area contributed by atoms with Crippen molar-refractivity contribution in [2.24, 2.45) is 0 Å². The van der Waals surface area contributed by atoms with E-state index in [0.29, 0.717) is 0 Å². The zero-order valence-electron chi connectivity index (χ0n) is 7.06. The number of halogens is 3. The van der Waals surface area contributed by atoms with Gasteiger partial charge < -0.3 is 10.3 Å². The van der Waals surface area contributed by atoms with Crippen molar-refractivity contribution in [3.05, 3.63) is 22.7 Å². The van der Waals surface area contributed by atoms with Gasteiger partial charge in [0, 0.05) is 12.6 Å². The number of hydrogen-bond acceptors (Lipinski definition) is 3. The summed E-state index contributed by atoms with van der Waals surface area (Å²) in [4.78, 5) is 16.6. The zero-order valence-corrected chi connectivity index (χ0v) is 7.06. The summed E-state index contributed by atoms with van der Waals surface area (Å²) >= 11 is 0. The highest BCUT2D eigenvalue weighted by Crippen LogP contribution is 2.18. The average Bonchev–Trinajstić information content (AvgIpc) is 2.01. The molecule has 0 bridgehead atoms. The van der Waals surface area contributed by atoms with Gasteiger partial charge in [-0.1, -0.05) is 0 Å². The first-order valence-corrected chi connectivity index (χ1v) is 3.83. The van der Waals surface area contributed by atoms with Crippen LogP contribution in [0.15, 0.2) is 17.2 Å². The van der Waals surface area contributed by atoms with E-state index in [1.54, 1.807) is 0 Å². The molecule has 0 atom stereocenters. The van der Waals surface area contributed by atoms with E-state index in [1.807, 2.05) is 0 Å². The third kappa shape index (κ3) is 3.92. The fraction of sp³-hybridized carbons (Fsp3) is 0.429. The lowest BCUT2D eigenvalue weighted by Gasteiger charge is -2.07. The Morgan fingerprint density at radius 1 is 1.50 bits per heavy atom. The van der Waals surface area contributed by atoms with Crippen molar-refractivity contribution >= 4 is 5.82 Å². The van der Waals surface area contributed by atoms with Crippen LogP contribution in [0.1, 0.15) is 6.42 Å². The maximum Gasteiger partial charge on any atom is 0.390 e. The van der Waals surface area contributed by atoms with E-state index in [0.717, 1.165) is 12.4 Å². The van der Waals surface area contributed by atoms with Gasteiger partial charge in [0.15, 0.2) is 0 Å². The van der Waals surface area contributed by atoms with Gasteiger partial charge in [-0.05, 0) is 0 Å². The summed E-state index contributed by atoms with van der Waals surface area (Å²) in [6, 6.07) is 1.09. The van der Waals surface area contributed by atoms with Crippen LogP contribution in [0.3, 0.4) is 0 Å². The van der Waals surface area contributed by atoms with Crippen molar-refractivity contribution in [2.75, 3.05) is 11.9 Å². The molecule has 0 aliphatic carbocycles. The number of anilines is 1. The first kappa shape index (κ1) is 10.6. The van der Waals surface area contributed by atoms with Crippen molar-refractivity contribution in [2.45, 2.75) is 12.6 Å². The maximum absolute atomic E-state index is 11.7. The molecular formula is C7H8F3N3O. The van der Waals surface area contributed by atoms with E-state index in [4.69, 9.17) is 0 Å². The Hall–Kier alpha value is -1.53. The van der Waals surface area contributed by atoms with Crippen LogP contribution < -0.4 is 10.9 Å². The fourth-order valence-electron chi connectivity index (χ4n) is 0.798. The number of aromatic nitrogens is 2. The molecule has 0 amide bonds. The number of hydrogen-bond donors (Lipinski definition) is 2. The average molecular weight is 207 g/mol. The first-order valence-electron chi connectivity index (χ1n) is 3.83. The van der Waals surface area contributed by atoms with E-state index in [2.05, 4.69) is 15.3 Å². The van der Waals surface area contributed by atoms with Crippen molar-refractivity contribution in [3.63, 3.8) is 0 Å². The molecule has 14 heavy (non-hydrogen) atoms. The molecule has 0 aliphatic rings. The molecule has 4 nitrogen and oxygen atoms in total. The Morgan fingerprint density at radius 2 is 2.21 bits per heavy atom. The molecule has 0 aliphatic heterocycles. The predicted octanol–water partition coefficient (Wildman–Crippen LogP) is 1.13. The maximum atomic E-state index is 11.7. The predicted molar refractivity (Wildman–Crippen MR) is 44.0 cm³/mol. The summed E-state index contributed by atoms with van der Waals surface area (Å²) in [6.45, 7) is -0.292. The van der Waals surface area contributed by atoms with Gasteiger partial charge >= 0.3 is 6.18 Å². The van der Waals surface area contributed by atoms with E-state index >= 15 is 0 Å². The molecule has 0 saturated heterocycles. The highest BCUT2D eigenvalue weighted by Gasteiger charge is 2.26. The van der Waals surface area contributed by atoms with Crippen molar-refractivity contribution in [1.29, 1.82) is 0 Å². The van der Waals surface area contributed by atoms with Crippen LogP contribution in [0.25, 0.3) is 0 Å². The van der Waals surface area contributed by atoms with Crippen molar-refractivity contribution < 1.29 is 13.2 Å². The van der Waals surface area contributed by atoms with Gasteiger partial charge in [0.05, 0.1) is 12.7 Å². The minimum atomic E-state index is -4.20. The molecular weight excluding hydrogens is 199 g/mol. The van der Waals surface area contributed by atoms with Gasteiger partial charge in [0.25, 0.3) is 5.56 Å². The molecule has 0 saturated carbocycles. The first-order chi connectivity index (χ1) is 6.47. The van der Waals surface area contributed by atoms with Gasteiger partial charge in [-0.25, -0.2) is 4.98 Å². The monoisotopic (exact) mass is 207 g/mol. The second-order valence-electron chi connectivity index (χ2n) is 2.59. The van der Waals surface area contributed by atoms with Crippen molar-refractivity contribution in [1.82, 2.24) is 9.97 Å². The van der Waals surface area contributed by atoms with E-state index < -0.39 is 18.2 Å². The second kappa shape index (κ2) is 4.12. The lowest BCUT2D eigenvalue weighted by atomic mass is 10.4. The summed E-state index contributed by atoms with van der Waals surface area (Å²) in [5, 5.41) is 2.39. The van der Waals surface area contributed by atoms with Gasteiger partial charge in [-0.3, -0.25) is 4.79 Å². The topological polar surface area (TPSA) is 57.8 Å². The number of alkyl halides is 3. The Balaban J connectivity index is 2.43. The van der Waals surface area contributed by atoms with Crippen LogP contribution in [0.5, 0.6) is 0 Å². The molecule has 1 heterocycles. The van der Waals surface area contributed by atoms with Crippen LogP contribution in [-0.4, -0.2) is 22.7 Å². The van der Waals surface area contributed by atoms with Crippen LogP contribution in [0, 0.1) is 0 Å². The number of nitrogens with zero attached hydrogens (tertiary/aromatic N) is 1. The van der Waals surface area contributed by atoms with Gasteiger partial charge in [-0.15, -0.1) is 0 Å². The molecule has 1 rings (SSSR count). The highest BCUT2D eigenvalue weighted by atomic mass is 19.4. The molecule has 0 fully saturated rings. The molecule has 1 aromatic heterocycles. The normalized spacial score (nSPS) is 11.4. The minimum Gasteiger partial charge on any atom is -0.370 e.